The van der Waals surface area contributed by atoms with Crippen LogP contribution in [0.15, 0.2) is 79.4 Å². The fourth-order valence-corrected chi connectivity index (χ4v) is 8.64. The SMILES string of the molecule is C.C=CCN1CC(=O)N2C(CN(Cc3cccc(N4CC(N5CCN(CC)CC5)C4)n3)C(=O)[C@@H]2Cc2ccc(OP(=O)(O)O)cc2F)N1C(=O)CCc1ccccc1. The second-order valence-electron chi connectivity index (χ2n) is 14.9. The maximum atomic E-state index is 15.6. The molecule has 3 aromatic rings. The van der Waals surface area contributed by atoms with E-state index >= 15 is 4.39 Å². The first-order valence-electron chi connectivity index (χ1n) is 19.4. The third-order valence-electron chi connectivity index (χ3n) is 11.3. The number of benzene rings is 2. The number of anilines is 1. The van der Waals surface area contributed by atoms with Gasteiger partial charge >= 0.3 is 7.82 Å². The molecule has 4 aliphatic heterocycles. The number of amides is 3. The van der Waals surface area contributed by atoms with E-state index in [4.69, 9.17) is 4.98 Å². The fourth-order valence-electron chi connectivity index (χ4n) is 8.25. The average molecular weight is 821 g/mol. The highest BCUT2D eigenvalue weighted by Crippen LogP contribution is 2.38. The second kappa shape index (κ2) is 18.5. The molecule has 1 aromatic heterocycles. The van der Waals surface area contributed by atoms with Gasteiger partial charge in [0.15, 0.2) is 0 Å². The molecular weight excluding hydrogens is 766 g/mol. The molecule has 17 heteroatoms. The summed E-state index contributed by atoms with van der Waals surface area (Å²) in [6.45, 7) is 13.1. The Labute approximate surface area is 339 Å². The van der Waals surface area contributed by atoms with E-state index in [0.717, 1.165) is 63.3 Å². The number of hydrazine groups is 1. The van der Waals surface area contributed by atoms with Gasteiger partial charge in [0.1, 0.15) is 29.6 Å². The fraction of sp³-hybridized carbons (Fsp3) is 0.463. The predicted molar refractivity (Wildman–Crippen MR) is 217 cm³/mol. The minimum atomic E-state index is -4.95. The molecule has 5 heterocycles. The first-order chi connectivity index (χ1) is 27.4. The van der Waals surface area contributed by atoms with Crippen molar-refractivity contribution in [1.82, 2.24) is 34.6 Å². The highest BCUT2D eigenvalue weighted by Gasteiger charge is 2.51. The Balaban J connectivity index is 0.00000567. The van der Waals surface area contributed by atoms with Crippen molar-refractivity contribution in [2.45, 2.75) is 58.4 Å². The third kappa shape index (κ3) is 9.76. The van der Waals surface area contributed by atoms with Crippen molar-refractivity contribution >= 4 is 31.4 Å². The van der Waals surface area contributed by atoms with E-state index in [1.165, 1.54) is 17.0 Å². The third-order valence-corrected chi connectivity index (χ3v) is 11.7. The summed E-state index contributed by atoms with van der Waals surface area (Å²) in [6, 6.07) is 17.9. The van der Waals surface area contributed by atoms with E-state index < -0.39 is 37.7 Å². The van der Waals surface area contributed by atoms with Gasteiger partial charge in [-0.05, 0) is 42.3 Å². The maximum Gasteiger partial charge on any atom is 0.524 e. The van der Waals surface area contributed by atoms with E-state index in [-0.39, 0.29) is 63.7 Å². The Hall–Kier alpha value is -4.70. The number of nitrogens with zero attached hydrogens (tertiary/aromatic N) is 8. The van der Waals surface area contributed by atoms with E-state index in [1.807, 2.05) is 48.5 Å². The number of hydrogen-bond donors (Lipinski definition) is 2. The van der Waals surface area contributed by atoms with Gasteiger partial charge in [-0.25, -0.2) is 24.0 Å². The number of aromatic nitrogens is 1. The Bertz CT molecular complexity index is 1990. The van der Waals surface area contributed by atoms with Crippen molar-refractivity contribution in [2.75, 3.05) is 70.3 Å². The smallest absolute Gasteiger partial charge is 0.404 e. The lowest BCUT2D eigenvalue weighted by atomic mass is 9.97. The number of likely N-dealkylation sites (N-methyl/N-ethyl adjacent to an activating group) is 1. The van der Waals surface area contributed by atoms with Crippen LogP contribution in [0.2, 0.25) is 0 Å². The van der Waals surface area contributed by atoms with Crippen molar-refractivity contribution in [3.63, 3.8) is 0 Å². The molecule has 0 saturated carbocycles. The minimum Gasteiger partial charge on any atom is -0.404 e. The van der Waals surface area contributed by atoms with Crippen LogP contribution in [-0.2, 0) is 38.3 Å². The quantitative estimate of drug-likeness (QED) is 0.182. The number of fused-ring (bicyclic) bond motifs is 1. The molecule has 4 fully saturated rings. The largest absolute Gasteiger partial charge is 0.524 e. The van der Waals surface area contributed by atoms with Crippen molar-refractivity contribution in [3.8, 4) is 5.75 Å². The number of hydrogen-bond acceptors (Lipinski definition) is 10. The number of phosphoric acid groups is 1. The summed E-state index contributed by atoms with van der Waals surface area (Å²) in [5.41, 5.74) is 1.63. The van der Waals surface area contributed by atoms with Crippen LogP contribution in [0.3, 0.4) is 0 Å². The van der Waals surface area contributed by atoms with Crippen LogP contribution in [0.1, 0.15) is 37.6 Å². The van der Waals surface area contributed by atoms with Crippen LogP contribution >= 0.6 is 7.82 Å². The molecule has 312 valence electrons. The van der Waals surface area contributed by atoms with Crippen molar-refractivity contribution < 1.29 is 37.6 Å². The van der Waals surface area contributed by atoms with Crippen LogP contribution in [0.25, 0.3) is 0 Å². The molecule has 0 radical (unpaired) electrons. The lowest BCUT2D eigenvalue weighted by Crippen LogP contribution is -2.76. The molecule has 3 amide bonds. The zero-order valence-electron chi connectivity index (χ0n) is 32.1. The van der Waals surface area contributed by atoms with Crippen LogP contribution < -0.4 is 9.42 Å². The predicted octanol–water partition coefficient (Wildman–Crippen LogP) is 3.14. The average Bonchev–Trinajstić information content (AvgIpc) is 3.16. The van der Waals surface area contributed by atoms with Crippen LogP contribution in [-0.4, -0.2) is 146 Å². The minimum absolute atomic E-state index is 0. The molecule has 2 aromatic carbocycles. The molecule has 4 saturated heterocycles. The molecular formula is C41H54FN8O7P. The van der Waals surface area contributed by atoms with Crippen molar-refractivity contribution in [3.05, 3.63) is 102 Å². The summed E-state index contributed by atoms with van der Waals surface area (Å²) in [4.78, 5) is 76.4. The molecule has 15 nitrogen and oxygen atoms in total. The van der Waals surface area contributed by atoms with Gasteiger partial charge in [-0.3, -0.25) is 29.1 Å². The number of aryl methyl sites for hydroxylation is 1. The second-order valence-corrected chi connectivity index (χ2v) is 16.1. The summed E-state index contributed by atoms with van der Waals surface area (Å²) in [6.07, 6.45) is 1.04. The van der Waals surface area contributed by atoms with Gasteiger partial charge in [-0.15, -0.1) is 6.58 Å². The Morgan fingerprint density at radius 1 is 1.02 bits per heavy atom. The van der Waals surface area contributed by atoms with Crippen LogP contribution in [0, 0.1) is 5.82 Å². The van der Waals surface area contributed by atoms with Gasteiger partial charge < -0.3 is 24.1 Å². The van der Waals surface area contributed by atoms with Crippen LogP contribution in [0.5, 0.6) is 5.75 Å². The van der Waals surface area contributed by atoms with Gasteiger partial charge in [0.25, 0.3) is 0 Å². The van der Waals surface area contributed by atoms with E-state index in [2.05, 4.69) is 32.7 Å². The highest BCUT2D eigenvalue weighted by atomic mass is 31.2. The number of carbonyl (C=O) groups is 3. The highest BCUT2D eigenvalue weighted by molar-refractivity contribution is 7.46. The number of carbonyl (C=O) groups excluding carboxylic acids is 3. The van der Waals surface area contributed by atoms with Gasteiger partial charge in [-0.1, -0.05) is 62.9 Å². The number of piperazine rings is 2. The lowest BCUT2D eigenvalue weighted by molar-refractivity contribution is -0.205. The standard InChI is InChI=1S/C40H50FN8O7P.CH4/c1-3-17-47-28-39(51)48-35(22-30-14-15-33(23-34(30)41)56-57(53,54)55)40(52)46(27-37(48)49(47)38(50)16-13-29-9-6-5-7-10-29)24-31-11-8-12-36(42-31)45-25-32(26-45)44-20-18-43(4-2)19-21-44;/h3,5-12,14-15,23,32,35,37H,1,4,13,16-22,24-28H2,2H3,(H2,53,54,55);1H4/t35-,37?;/m0./s1. The summed E-state index contributed by atoms with van der Waals surface area (Å²) < 4.78 is 31.5. The van der Waals surface area contributed by atoms with Gasteiger partial charge in [0.2, 0.25) is 17.7 Å². The first-order valence-corrected chi connectivity index (χ1v) is 21.0. The summed E-state index contributed by atoms with van der Waals surface area (Å²) >= 11 is 0. The number of rotatable bonds is 14. The first kappa shape index (κ1) is 42.9. The molecule has 7 rings (SSSR count). The Morgan fingerprint density at radius 3 is 2.43 bits per heavy atom. The molecule has 1 unspecified atom stereocenters. The molecule has 0 aliphatic carbocycles. The summed E-state index contributed by atoms with van der Waals surface area (Å²) in [5, 5.41) is 3.20. The molecule has 0 spiro atoms. The number of pyridine rings is 1. The molecule has 2 atom stereocenters. The lowest BCUT2D eigenvalue weighted by Gasteiger charge is -2.55. The van der Waals surface area contributed by atoms with Crippen molar-refractivity contribution in [1.29, 1.82) is 0 Å². The Kier molecular flexibility index (Phi) is 13.7. The number of phosphoric ester groups is 1. The molecule has 0 bridgehead atoms. The van der Waals surface area contributed by atoms with Gasteiger partial charge in [0, 0.05) is 70.8 Å². The Morgan fingerprint density at radius 2 is 1.76 bits per heavy atom. The normalized spacial score (nSPS) is 21.0. The van der Waals surface area contributed by atoms with Crippen LogP contribution in [0.4, 0.5) is 10.2 Å². The van der Waals surface area contributed by atoms with Crippen molar-refractivity contribution in [2.24, 2.45) is 0 Å². The molecule has 4 aliphatic rings. The van der Waals surface area contributed by atoms with Gasteiger partial charge in [0.05, 0.1) is 25.3 Å². The van der Waals surface area contributed by atoms with E-state index in [0.29, 0.717) is 18.2 Å². The maximum absolute atomic E-state index is 15.6. The summed E-state index contributed by atoms with van der Waals surface area (Å²) in [7, 11) is -4.95. The molecule has 58 heavy (non-hydrogen) atoms. The van der Waals surface area contributed by atoms with Gasteiger partial charge in [-0.2, -0.15) is 0 Å². The summed E-state index contributed by atoms with van der Waals surface area (Å²) in [5.74, 6) is -1.54. The monoisotopic (exact) mass is 820 g/mol. The zero-order chi connectivity index (χ0) is 40.3. The van der Waals surface area contributed by atoms with E-state index in [1.54, 1.807) is 21.0 Å². The number of halogens is 1. The van der Waals surface area contributed by atoms with E-state index in [9.17, 15) is 28.7 Å². The zero-order valence-corrected chi connectivity index (χ0v) is 33.0. The topological polar surface area (TPSA) is 154 Å². The molecule has 2 N–H and O–H groups in total.